The van der Waals surface area contributed by atoms with Crippen LogP contribution in [-0.4, -0.2) is 11.0 Å². The molecule has 0 saturated heterocycles. The zero-order chi connectivity index (χ0) is 12.3. The van der Waals surface area contributed by atoms with E-state index in [2.05, 4.69) is 5.32 Å². The molecule has 0 unspecified atom stereocenters. The number of aromatic hydroxyl groups is 1. The first-order chi connectivity index (χ1) is 8.16. The maximum absolute atomic E-state index is 11.8. The van der Waals surface area contributed by atoms with Crippen molar-refractivity contribution in [1.29, 1.82) is 0 Å². The number of hydrogen-bond acceptors (Lipinski definition) is 3. The Bertz CT molecular complexity index is 534. The third-order valence-corrected chi connectivity index (χ3v) is 3.39. The molecule has 0 aliphatic carbocycles. The van der Waals surface area contributed by atoms with Gasteiger partial charge in [0.05, 0.1) is 4.88 Å². The topological polar surface area (TPSA) is 49.3 Å². The molecule has 0 radical (unpaired) electrons. The Morgan fingerprint density at radius 1 is 1.29 bits per heavy atom. The molecule has 0 bridgehead atoms. The van der Waals surface area contributed by atoms with Gasteiger partial charge in [0.1, 0.15) is 5.75 Å². The number of para-hydroxylation sites is 1. The van der Waals surface area contributed by atoms with E-state index >= 15 is 0 Å². The molecule has 1 aromatic heterocycles. The number of aryl methyl sites for hydroxylation is 1. The predicted octanol–water partition coefficient (Wildman–Crippen LogP) is 2.69. The van der Waals surface area contributed by atoms with E-state index in [1.807, 2.05) is 19.1 Å². The van der Waals surface area contributed by atoms with Gasteiger partial charge >= 0.3 is 0 Å². The van der Waals surface area contributed by atoms with Crippen molar-refractivity contribution < 1.29 is 9.90 Å². The van der Waals surface area contributed by atoms with Crippen molar-refractivity contribution >= 4 is 17.2 Å². The van der Waals surface area contributed by atoms with Gasteiger partial charge in [0.25, 0.3) is 5.91 Å². The van der Waals surface area contributed by atoms with Crippen LogP contribution in [0, 0.1) is 6.92 Å². The van der Waals surface area contributed by atoms with Gasteiger partial charge in [0.15, 0.2) is 0 Å². The first-order valence-corrected chi connectivity index (χ1v) is 6.10. The van der Waals surface area contributed by atoms with Gasteiger partial charge < -0.3 is 10.4 Å². The van der Waals surface area contributed by atoms with Crippen molar-refractivity contribution in [2.75, 3.05) is 0 Å². The fraction of sp³-hybridized carbons (Fsp3) is 0.154. The first-order valence-electron chi connectivity index (χ1n) is 5.28. The predicted molar refractivity (Wildman–Crippen MR) is 68.3 cm³/mol. The van der Waals surface area contributed by atoms with Crippen LogP contribution < -0.4 is 5.32 Å². The van der Waals surface area contributed by atoms with Crippen LogP contribution in [0.15, 0.2) is 36.4 Å². The van der Waals surface area contributed by atoms with Crippen molar-refractivity contribution in [3.63, 3.8) is 0 Å². The van der Waals surface area contributed by atoms with E-state index in [-0.39, 0.29) is 11.7 Å². The molecule has 0 aliphatic rings. The lowest BCUT2D eigenvalue weighted by Crippen LogP contribution is -2.21. The zero-order valence-corrected chi connectivity index (χ0v) is 10.3. The van der Waals surface area contributed by atoms with E-state index in [0.29, 0.717) is 17.0 Å². The van der Waals surface area contributed by atoms with Crippen LogP contribution in [0.4, 0.5) is 0 Å². The van der Waals surface area contributed by atoms with Gasteiger partial charge in [0.2, 0.25) is 0 Å². The van der Waals surface area contributed by atoms with E-state index in [4.69, 9.17) is 0 Å². The Balaban J connectivity index is 1.99. The summed E-state index contributed by atoms with van der Waals surface area (Å²) in [5, 5.41) is 12.3. The Morgan fingerprint density at radius 3 is 2.71 bits per heavy atom. The summed E-state index contributed by atoms with van der Waals surface area (Å²) in [5.74, 6) is 0.0986. The summed E-state index contributed by atoms with van der Waals surface area (Å²) in [4.78, 5) is 13.6. The number of rotatable bonds is 3. The highest BCUT2D eigenvalue weighted by Crippen LogP contribution is 2.17. The average Bonchev–Trinajstić information content (AvgIpc) is 2.74. The monoisotopic (exact) mass is 247 g/mol. The summed E-state index contributed by atoms with van der Waals surface area (Å²) in [6.07, 6.45) is 0. The standard InChI is InChI=1S/C13H13NO2S/c1-9-6-7-12(17-9)13(16)14-8-10-4-2-3-5-11(10)15/h2-7,15H,8H2,1H3,(H,14,16). The molecule has 4 heteroatoms. The maximum Gasteiger partial charge on any atom is 0.261 e. The van der Waals surface area contributed by atoms with Crippen LogP contribution in [-0.2, 0) is 6.54 Å². The minimum absolute atomic E-state index is 0.105. The molecule has 88 valence electrons. The van der Waals surface area contributed by atoms with Crippen molar-refractivity contribution in [2.24, 2.45) is 0 Å². The van der Waals surface area contributed by atoms with Crippen LogP contribution in [0.3, 0.4) is 0 Å². The van der Waals surface area contributed by atoms with Crippen molar-refractivity contribution in [3.05, 3.63) is 51.7 Å². The lowest BCUT2D eigenvalue weighted by molar-refractivity contribution is 0.0955. The van der Waals surface area contributed by atoms with Gasteiger partial charge in [0, 0.05) is 17.0 Å². The molecule has 0 saturated carbocycles. The maximum atomic E-state index is 11.8. The van der Waals surface area contributed by atoms with Gasteiger partial charge in [-0.1, -0.05) is 18.2 Å². The van der Waals surface area contributed by atoms with E-state index in [9.17, 15) is 9.90 Å². The molecule has 0 atom stereocenters. The van der Waals surface area contributed by atoms with E-state index in [1.54, 1.807) is 24.3 Å². The van der Waals surface area contributed by atoms with Crippen LogP contribution in [0.2, 0.25) is 0 Å². The van der Waals surface area contributed by atoms with Gasteiger partial charge in [-0.3, -0.25) is 4.79 Å². The fourth-order valence-corrected chi connectivity index (χ4v) is 2.26. The second-order valence-electron chi connectivity index (χ2n) is 3.72. The molecular formula is C13H13NO2S. The summed E-state index contributed by atoms with van der Waals surface area (Å²) in [5.41, 5.74) is 0.717. The molecule has 2 N–H and O–H groups in total. The highest BCUT2D eigenvalue weighted by atomic mass is 32.1. The van der Waals surface area contributed by atoms with Crippen molar-refractivity contribution in [2.45, 2.75) is 13.5 Å². The van der Waals surface area contributed by atoms with Crippen LogP contribution >= 0.6 is 11.3 Å². The third-order valence-electron chi connectivity index (χ3n) is 2.40. The van der Waals surface area contributed by atoms with Crippen LogP contribution in [0.1, 0.15) is 20.1 Å². The normalized spacial score (nSPS) is 10.2. The molecule has 1 aromatic carbocycles. The van der Waals surface area contributed by atoms with E-state index < -0.39 is 0 Å². The number of carbonyl (C=O) groups is 1. The smallest absolute Gasteiger partial charge is 0.261 e. The summed E-state index contributed by atoms with van der Waals surface area (Å²) < 4.78 is 0. The molecule has 1 amide bonds. The van der Waals surface area contributed by atoms with Crippen molar-refractivity contribution in [1.82, 2.24) is 5.32 Å². The largest absolute Gasteiger partial charge is 0.508 e. The van der Waals surface area contributed by atoms with Crippen LogP contribution in [0.25, 0.3) is 0 Å². The Morgan fingerprint density at radius 2 is 2.06 bits per heavy atom. The molecule has 2 rings (SSSR count). The zero-order valence-electron chi connectivity index (χ0n) is 9.43. The summed E-state index contributed by atoms with van der Waals surface area (Å²) in [6.45, 7) is 2.30. The SMILES string of the molecule is Cc1ccc(C(=O)NCc2ccccc2O)s1. The molecular weight excluding hydrogens is 234 g/mol. The Labute approximate surface area is 104 Å². The minimum atomic E-state index is -0.105. The summed E-state index contributed by atoms with van der Waals surface area (Å²) >= 11 is 1.46. The highest BCUT2D eigenvalue weighted by Gasteiger charge is 2.08. The number of amides is 1. The number of carbonyl (C=O) groups excluding carboxylic acids is 1. The second-order valence-corrected chi connectivity index (χ2v) is 5.01. The van der Waals surface area contributed by atoms with E-state index in [0.717, 1.165) is 4.88 Å². The molecule has 17 heavy (non-hydrogen) atoms. The number of thiophene rings is 1. The van der Waals surface area contributed by atoms with Gasteiger partial charge in [-0.05, 0) is 25.1 Å². The summed E-state index contributed by atoms with van der Waals surface area (Å²) in [6, 6.07) is 10.7. The van der Waals surface area contributed by atoms with Gasteiger partial charge in [-0.15, -0.1) is 11.3 Å². The molecule has 1 heterocycles. The first kappa shape index (κ1) is 11.7. The second kappa shape index (κ2) is 5.01. The minimum Gasteiger partial charge on any atom is -0.508 e. The van der Waals surface area contributed by atoms with Crippen molar-refractivity contribution in [3.8, 4) is 5.75 Å². The lowest BCUT2D eigenvalue weighted by Gasteiger charge is -2.05. The van der Waals surface area contributed by atoms with Crippen LogP contribution in [0.5, 0.6) is 5.75 Å². The molecule has 0 spiro atoms. The summed E-state index contributed by atoms with van der Waals surface area (Å²) in [7, 11) is 0. The third kappa shape index (κ3) is 2.85. The number of benzene rings is 1. The highest BCUT2D eigenvalue weighted by molar-refractivity contribution is 7.13. The molecule has 2 aromatic rings. The molecule has 0 aliphatic heterocycles. The quantitative estimate of drug-likeness (QED) is 0.876. The fourth-order valence-electron chi connectivity index (χ4n) is 1.48. The lowest BCUT2D eigenvalue weighted by atomic mass is 10.2. The van der Waals surface area contributed by atoms with E-state index in [1.165, 1.54) is 11.3 Å². The number of nitrogens with one attached hydrogen (secondary N) is 1. The van der Waals surface area contributed by atoms with Gasteiger partial charge in [-0.25, -0.2) is 0 Å². The molecule has 0 fully saturated rings. The number of hydrogen-bond donors (Lipinski definition) is 2. The number of phenols is 1. The Hall–Kier alpha value is -1.81. The molecule has 3 nitrogen and oxygen atoms in total. The van der Waals surface area contributed by atoms with Gasteiger partial charge in [-0.2, -0.15) is 0 Å². The average molecular weight is 247 g/mol. The number of phenolic OH excluding ortho intramolecular Hbond substituents is 1. The Kier molecular flexibility index (Phi) is 3.44.